The van der Waals surface area contributed by atoms with E-state index >= 15 is 0 Å². The lowest BCUT2D eigenvalue weighted by molar-refractivity contribution is 0.263. The monoisotopic (exact) mass is 197 g/mol. The Morgan fingerprint density at radius 2 is 2.43 bits per heavy atom. The average molecular weight is 197 g/mol. The highest BCUT2D eigenvalue weighted by Gasteiger charge is 2.09. The molecule has 0 unspecified atom stereocenters. The normalized spacial score (nSPS) is 9.86. The quantitative estimate of drug-likeness (QED) is 0.576. The summed E-state index contributed by atoms with van der Waals surface area (Å²) in [5.74, 6) is -0.669. The van der Waals surface area contributed by atoms with E-state index < -0.39 is 5.82 Å². The van der Waals surface area contributed by atoms with Crippen molar-refractivity contribution >= 4 is 0 Å². The Balaban J connectivity index is 2.71. The summed E-state index contributed by atoms with van der Waals surface area (Å²) in [6.07, 6.45) is 3.70. The van der Waals surface area contributed by atoms with Crippen LogP contribution in [0.3, 0.4) is 0 Å². The van der Waals surface area contributed by atoms with Gasteiger partial charge in [-0.15, -0.1) is 6.58 Å². The Labute approximate surface area is 81.9 Å². The zero-order chi connectivity index (χ0) is 10.4. The molecule has 0 saturated heterocycles. The van der Waals surface area contributed by atoms with E-state index in [2.05, 4.69) is 11.6 Å². The molecule has 0 spiro atoms. The summed E-state index contributed by atoms with van der Waals surface area (Å²) in [6, 6.07) is 1.41. The summed E-state index contributed by atoms with van der Waals surface area (Å²) in [4.78, 5) is 3.72. The second-order valence-corrected chi connectivity index (χ2v) is 2.67. The number of ether oxygens (including phenoxy) is 1. The van der Waals surface area contributed by atoms with E-state index in [1.54, 1.807) is 6.08 Å². The van der Waals surface area contributed by atoms with Gasteiger partial charge in [0.1, 0.15) is 0 Å². The van der Waals surface area contributed by atoms with Crippen LogP contribution >= 0.6 is 0 Å². The number of hydrogen-bond acceptors (Lipinski definition) is 3. The van der Waals surface area contributed by atoms with E-state index in [1.165, 1.54) is 12.3 Å². The molecule has 0 aliphatic carbocycles. The van der Waals surface area contributed by atoms with Crippen molar-refractivity contribution in [2.45, 2.75) is 13.0 Å². The van der Waals surface area contributed by atoms with Gasteiger partial charge in [0.25, 0.3) is 5.88 Å². The predicted molar refractivity (Wildman–Crippen MR) is 50.4 cm³/mol. The molecule has 4 heteroatoms. The van der Waals surface area contributed by atoms with Crippen molar-refractivity contribution < 1.29 is 14.2 Å². The molecule has 3 nitrogen and oxygen atoms in total. The summed E-state index contributed by atoms with van der Waals surface area (Å²) in [6.45, 7) is 3.49. The molecular formula is C10H12FNO2. The third-order valence-corrected chi connectivity index (χ3v) is 1.67. The second-order valence-electron chi connectivity index (χ2n) is 2.67. The standard InChI is InChI=1S/C10H12FNO2/c1-2-3-6-14-10-9(11)8(7-13)4-5-12-10/h2,4-5,13H,1,3,6-7H2. The first-order valence-corrected chi connectivity index (χ1v) is 4.27. The first-order valence-electron chi connectivity index (χ1n) is 4.27. The van der Waals surface area contributed by atoms with Crippen molar-refractivity contribution in [1.29, 1.82) is 0 Å². The maximum Gasteiger partial charge on any atom is 0.250 e. The maximum atomic E-state index is 13.3. The zero-order valence-corrected chi connectivity index (χ0v) is 7.74. The molecule has 0 fully saturated rings. The molecule has 0 aliphatic rings. The number of rotatable bonds is 5. The number of hydrogen-bond donors (Lipinski definition) is 1. The van der Waals surface area contributed by atoms with Crippen LogP contribution < -0.4 is 4.74 Å². The van der Waals surface area contributed by atoms with Crippen molar-refractivity contribution in [3.63, 3.8) is 0 Å². The van der Waals surface area contributed by atoms with Crippen molar-refractivity contribution in [1.82, 2.24) is 4.98 Å². The van der Waals surface area contributed by atoms with E-state index in [9.17, 15) is 4.39 Å². The maximum absolute atomic E-state index is 13.3. The Hall–Kier alpha value is -1.42. The van der Waals surface area contributed by atoms with E-state index in [-0.39, 0.29) is 18.1 Å². The van der Waals surface area contributed by atoms with Crippen molar-refractivity contribution in [2.75, 3.05) is 6.61 Å². The fraction of sp³-hybridized carbons (Fsp3) is 0.300. The van der Waals surface area contributed by atoms with Crippen molar-refractivity contribution in [2.24, 2.45) is 0 Å². The van der Waals surface area contributed by atoms with Gasteiger partial charge in [0.05, 0.1) is 13.2 Å². The highest BCUT2D eigenvalue weighted by Crippen LogP contribution is 2.17. The fourth-order valence-electron chi connectivity index (χ4n) is 0.924. The van der Waals surface area contributed by atoms with Gasteiger partial charge in [-0.1, -0.05) is 6.08 Å². The Morgan fingerprint density at radius 1 is 1.64 bits per heavy atom. The van der Waals surface area contributed by atoms with Crippen LogP contribution in [0.25, 0.3) is 0 Å². The summed E-state index contributed by atoms with van der Waals surface area (Å²) < 4.78 is 18.4. The second kappa shape index (κ2) is 5.34. The van der Waals surface area contributed by atoms with Crippen molar-refractivity contribution in [3.05, 3.63) is 36.3 Å². The van der Waals surface area contributed by atoms with Crippen LogP contribution in [0, 0.1) is 5.82 Å². The first-order chi connectivity index (χ1) is 6.79. The highest BCUT2D eigenvalue weighted by molar-refractivity contribution is 5.22. The average Bonchev–Trinajstić information content (AvgIpc) is 2.21. The number of nitrogens with zero attached hydrogens (tertiary/aromatic N) is 1. The van der Waals surface area contributed by atoms with Gasteiger partial charge >= 0.3 is 0 Å². The molecule has 1 aromatic rings. The third-order valence-electron chi connectivity index (χ3n) is 1.67. The van der Waals surface area contributed by atoms with Gasteiger partial charge in [0.15, 0.2) is 5.82 Å². The molecule has 0 amide bonds. The molecule has 1 rings (SSSR count). The topological polar surface area (TPSA) is 42.4 Å². The number of aliphatic hydroxyl groups is 1. The molecule has 0 atom stereocenters. The molecule has 1 heterocycles. The Kier molecular flexibility index (Phi) is 4.07. The van der Waals surface area contributed by atoms with Crippen molar-refractivity contribution in [3.8, 4) is 5.88 Å². The van der Waals surface area contributed by atoms with Gasteiger partial charge < -0.3 is 9.84 Å². The first kappa shape index (κ1) is 10.7. The SMILES string of the molecule is C=CCCOc1nccc(CO)c1F. The van der Waals surface area contributed by atoms with Crippen LogP contribution in [-0.2, 0) is 6.61 Å². The zero-order valence-electron chi connectivity index (χ0n) is 7.74. The van der Waals surface area contributed by atoms with Crippen LogP contribution in [0.2, 0.25) is 0 Å². The smallest absolute Gasteiger partial charge is 0.250 e. The van der Waals surface area contributed by atoms with Gasteiger partial charge in [0, 0.05) is 11.8 Å². The summed E-state index contributed by atoms with van der Waals surface area (Å²) in [5, 5.41) is 8.77. The van der Waals surface area contributed by atoms with Crippen LogP contribution in [0.4, 0.5) is 4.39 Å². The highest BCUT2D eigenvalue weighted by atomic mass is 19.1. The van der Waals surface area contributed by atoms with E-state index in [1.807, 2.05) is 0 Å². The molecule has 0 saturated carbocycles. The summed E-state index contributed by atoms with van der Waals surface area (Å²) in [5.41, 5.74) is 0.189. The molecule has 0 aromatic carbocycles. The van der Waals surface area contributed by atoms with Crippen LogP contribution in [0.15, 0.2) is 24.9 Å². The summed E-state index contributed by atoms with van der Waals surface area (Å²) in [7, 11) is 0. The van der Waals surface area contributed by atoms with Gasteiger partial charge in [-0.05, 0) is 12.5 Å². The molecular weight excluding hydrogens is 185 g/mol. The fourth-order valence-corrected chi connectivity index (χ4v) is 0.924. The van der Waals surface area contributed by atoms with Crippen LogP contribution in [0.1, 0.15) is 12.0 Å². The van der Waals surface area contributed by atoms with E-state index in [0.717, 1.165) is 0 Å². The predicted octanol–water partition coefficient (Wildman–Crippen LogP) is 1.67. The van der Waals surface area contributed by atoms with Gasteiger partial charge in [-0.25, -0.2) is 9.37 Å². The van der Waals surface area contributed by atoms with Gasteiger partial charge in [0.2, 0.25) is 0 Å². The number of halogens is 1. The van der Waals surface area contributed by atoms with Gasteiger partial charge in [-0.2, -0.15) is 0 Å². The minimum absolute atomic E-state index is 0.0709. The minimum Gasteiger partial charge on any atom is -0.475 e. The number of pyridine rings is 1. The lowest BCUT2D eigenvalue weighted by Crippen LogP contribution is -2.02. The van der Waals surface area contributed by atoms with E-state index in [0.29, 0.717) is 13.0 Å². The van der Waals surface area contributed by atoms with E-state index in [4.69, 9.17) is 9.84 Å². The van der Waals surface area contributed by atoms with Crippen LogP contribution in [0.5, 0.6) is 5.88 Å². The minimum atomic E-state index is -0.598. The Morgan fingerprint density at radius 3 is 3.07 bits per heavy atom. The third kappa shape index (κ3) is 2.53. The Bertz CT molecular complexity index is 315. The molecule has 0 aliphatic heterocycles. The molecule has 76 valence electrons. The number of aliphatic hydroxyl groups excluding tert-OH is 1. The molecule has 1 aromatic heterocycles. The lowest BCUT2D eigenvalue weighted by Gasteiger charge is -2.06. The van der Waals surface area contributed by atoms with Gasteiger partial charge in [-0.3, -0.25) is 0 Å². The van der Waals surface area contributed by atoms with Crippen LogP contribution in [-0.4, -0.2) is 16.7 Å². The molecule has 14 heavy (non-hydrogen) atoms. The lowest BCUT2D eigenvalue weighted by atomic mass is 10.3. The molecule has 1 N–H and O–H groups in total. The number of aromatic nitrogens is 1. The molecule has 0 radical (unpaired) electrons. The largest absolute Gasteiger partial charge is 0.475 e. The molecule has 0 bridgehead atoms. The summed E-state index contributed by atoms with van der Waals surface area (Å²) >= 11 is 0.